The van der Waals surface area contributed by atoms with Gasteiger partial charge in [0, 0.05) is 23.6 Å². The fourth-order valence-electron chi connectivity index (χ4n) is 3.23. The molecule has 0 unspecified atom stereocenters. The molecule has 4 rings (SSSR count). The lowest BCUT2D eigenvalue weighted by atomic mass is 9.96. The van der Waals surface area contributed by atoms with E-state index in [1.54, 1.807) is 42.5 Å². The van der Waals surface area contributed by atoms with Crippen molar-refractivity contribution in [3.05, 3.63) is 95.1 Å². The smallest absolute Gasteiger partial charge is 0.255 e. The highest BCUT2D eigenvalue weighted by atomic mass is 16.5. The molecular formula is C25H22N2O3. The average Bonchev–Trinajstić information content (AvgIpc) is 2.74. The molecule has 1 aliphatic rings. The van der Waals surface area contributed by atoms with Crippen LogP contribution in [0.2, 0.25) is 0 Å². The Labute approximate surface area is 175 Å². The molecule has 1 fully saturated rings. The molecule has 0 saturated carbocycles. The van der Waals surface area contributed by atoms with E-state index in [0.29, 0.717) is 35.1 Å². The van der Waals surface area contributed by atoms with Crippen molar-refractivity contribution in [3.8, 4) is 11.8 Å². The Morgan fingerprint density at radius 2 is 1.83 bits per heavy atom. The van der Waals surface area contributed by atoms with Gasteiger partial charge in [0.05, 0.1) is 31.5 Å². The maximum Gasteiger partial charge on any atom is 0.255 e. The molecule has 0 radical (unpaired) electrons. The van der Waals surface area contributed by atoms with Gasteiger partial charge >= 0.3 is 0 Å². The van der Waals surface area contributed by atoms with E-state index >= 15 is 0 Å². The minimum Gasteiger partial charge on any atom is -0.493 e. The summed E-state index contributed by atoms with van der Waals surface area (Å²) in [4.78, 5) is 12.5. The molecule has 30 heavy (non-hydrogen) atoms. The Morgan fingerprint density at radius 3 is 2.50 bits per heavy atom. The first-order valence-corrected chi connectivity index (χ1v) is 9.92. The quantitative estimate of drug-likeness (QED) is 0.634. The topological polar surface area (TPSA) is 71.4 Å². The first-order chi connectivity index (χ1) is 14.7. The molecular weight excluding hydrogens is 376 g/mol. The molecule has 1 saturated heterocycles. The molecule has 0 aromatic heterocycles. The molecule has 3 aromatic rings. The second-order valence-electron chi connectivity index (χ2n) is 7.25. The number of anilines is 1. The van der Waals surface area contributed by atoms with Crippen LogP contribution < -0.4 is 10.1 Å². The fourth-order valence-corrected chi connectivity index (χ4v) is 3.23. The maximum absolute atomic E-state index is 12.5. The van der Waals surface area contributed by atoms with E-state index in [9.17, 15) is 4.79 Å². The van der Waals surface area contributed by atoms with Gasteiger partial charge in [-0.2, -0.15) is 5.26 Å². The highest BCUT2D eigenvalue weighted by Crippen LogP contribution is 2.24. The summed E-state index contributed by atoms with van der Waals surface area (Å²) >= 11 is 0. The molecule has 1 heterocycles. The third-order valence-corrected chi connectivity index (χ3v) is 5.12. The molecule has 1 amide bonds. The largest absolute Gasteiger partial charge is 0.493 e. The lowest BCUT2D eigenvalue weighted by Crippen LogP contribution is -2.24. The molecule has 3 aromatic carbocycles. The lowest BCUT2D eigenvalue weighted by Gasteiger charge is -2.26. The number of carbonyl (C=O) groups excluding carboxylic acids is 1. The van der Waals surface area contributed by atoms with E-state index in [1.807, 2.05) is 6.07 Å². The summed E-state index contributed by atoms with van der Waals surface area (Å²) in [6.07, 6.45) is 0.795. The molecule has 5 heteroatoms. The van der Waals surface area contributed by atoms with E-state index in [1.165, 1.54) is 11.1 Å². The van der Waals surface area contributed by atoms with Gasteiger partial charge in [-0.25, -0.2) is 0 Å². The van der Waals surface area contributed by atoms with Crippen molar-refractivity contribution >= 4 is 11.6 Å². The van der Waals surface area contributed by atoms with Gasteiger partial charge in [0.2, 0.25) is 0 Å². The van der Waals surface area contributed by atoms with Crippen molar-refractivity contribution in [2.75, 3.05) is 25.1 Å². The van der Waals surface area contributed by atoms with E-state index in [-0.39, 0.29) is 5.91 Å². The standard InChI is InChI=1S/C25H22N2O3/c26-15-19-6-10-23(11-7-19)27-25(28)21-2-1-3-24(14-21)30-13-12-18-4-8-20(9-5-18)22-16-29-17-22/h1-11,14,22H,12-13,16-17H2,(H,27,28). The second-order valence-corrected chi connectivity index (χ2v) is 7.25. The number of rotatable bonds is 7. The third kappa shape index (κ3) is 4.86. The molecule has 150 valence electrons. The highest BCUT2D eigenvalue weighted by Gasteiger charge is 2.19. The summed E-state index contributed by atoms with van der Waals surface area (Å²) in [7, 11) is 0. The fraction of sp³-hybridized carbons (Fsp3) is 0.200. The number of nitrogens with one attached hydrogen (secondary N) is 1. The maximum atomic E-state index is 12.5. The average molecular weight is 398 g/mol. The van der Waals surface area contributed by atoms with E-state index in [2.05, 4.69) is 35.7 Å². The van der Waals surface area contributed by atoms with Crippen molar-refractivity contribution < 1.29 is 14.3 Å². The number of hydrogen-bond acceptors (Lipinski definition) is 4. The van der Waals surface area contributed by atoms with Gasteiger partial charge in [0.25, 0.3) is 5.91 Å². The van der Waals surface area contributed by atoms with Crippen LogP contribution in [0.1, 0.15) is 33.0 Å². The summed E-state index contributed by atoms with van der Waals surface area (Å²) in [5.41, 5.74) is 4.25. The van der Waals surface area contributed by atoms with Gasteiger partial charge in [-0.1, -0.05) is 30.3 Å². The molecule has 5 nitrogen and oxygen atoms in total. The predicted octanol–water partition coefficient (Wildman–Crippen LogP) is 4.55. The van der Waals surface area contributed by atoms with Crippen LogP contribution >= 0.6 is 0 Å². The molecule has 1 N–H and O–H groups in total. The second kappa shape index (κ2) is 9.25. The summed E-state index contributed by atoms with van der Waals surface area (Å²) in [5, 5.41) is 11.7. The first kappa shape index (κ1) is 19.7. The summed E-state index contributed by atoms with van der Waals surface area (Å²) in [6, 6.07) is 24.5. The summed E-state index contributed by atoms with van der Waals surface area (Å²) in [6.45, 7) is 2.17. The molecule has 0 aliphatic carbocycles. The Hall–Kier alpha value is -3.62. The molecule has 1 aliphatic heterocycles. The van der Waals surface area contributed by atoms with E-state index in [4.69, 9.17) is 14.7 Å². The van der Waals surface area contributed by atoms with E-state index < -0.39 is 0 Å². The highest BCUT2D eigenvalue weighted by molar-refractivity contribution is 6.04. The predicted molar refractivity (Wildman–Crippen MR) is 115 cm³/mol. The Balaban J connectivity index is 1.30. The minimum absolute atomic E-state index is 0.222. The summed E-state index contributed by atoms with van der Waals surface area (Å²) in [5.74, 6) is 0.972. The number of carbonyl (C=O) groups is 1. The van der Waals surface area contributed by atoms with Crippen LogP contribution in [-0.2, 0) is 11.2 Å². The van der Waals surface area contributed by atoms with Crippen molar-refractivity contribution in [3.63, 3.8) is 0 Å². The lowest BCUT2D eigenvalue weighted by molar-refractivity contribution is 0.00841. The van der Waals surface area contributed by atoms with Crippen LogP contribution in [0.4, 0.5) is 5.69 Å². The van der Waals surface area contributed by atoms with Crippen molar-refractivity contribution in [2.45, 2.75) is 12.3 Å². The van der Waals surface area contributed by atoms with Crippen LogP contribution in [0.5, 0.6) is 5.75 Å². The minimum atomic E-state index is -0.222. The zero-order valence-corrected chi connectivity index (χ0v) is 16.5. The Morgan fingerprint density at radius 1 is 1.07 bits per heavy atom. The van der Waals surface area contributed by atoms with E-state index in [0.717, 1.165) is 19.6 Å². The van der Waals surface area contributed by atoms with Gasteiger partial charge in [0.15, 0.2) is 0 Å². The van der Waals surface area contributed by atoms with Gasteiger partial charge < -0.3 is 14.8 Å². The summed E-state index contributed by atoms with van der Waals surface area (Å²) < 4.78 is 11.1. The molecule has 0 spiro atoms. The Kier molecular flexibility index (Phi) is 6.07. The number of benzene rings is 3. The molecule has 0 bridgehead atoms. The van der Waals surface area contributed by atoms with Gasteiger partial charge in [0.1, 0.15) is 5.75 Å². The van der Waals surface area contributed by atoms with Crippen molar-refractivity contribution in [1.29, 1.82) is 5.26 Å². The van der Waals surface area contributed by atoms with Crippen LogP contribution in [0.3, 0.4) is 0 Å². The van der Waals surface area contributed by atoms with Crippen LogP contribution in [0.15, 0.2) is 72.8 Å². The van der Waals surface area contributed by atoms with Crippen LogP contribution in [-0.4, -0.2) is 25.7 Å². The number of hydrogen-bond donors (Lipinski definition) is 1. The number of nitriles is 1. The zero-order chi connectivity index (χ0) is 20.8. The normalized spacial score (nSPS) is 13.2. The van der Waals surface area contributed by atoms with Crippen LogP contribution in [0.25, 0.3) is 0 Å². The third-order valence-electron chi connectivity index (χ3n) is 5.12. The number of nitrogens with zero attached hydrogens (tertiary/aromatic N) is 1. The van der Waals surface area contributed by atoms with Gasteiger partial charge in [-0.05, 0) is 53.6 Å². The molecule has 0 atom stereocenters. The monoisotopic (exact) mass is 398 g/mol. The Bertz CT molecular complexity index is 1050. The first-order valence-electron chi connectivity index (χ1n) is 9.92. The number of amides is 1. The van der Waals surface area contributed by atoms with Crippen LogP contribution in [0, 0.1) is 11.3 Å². The van der Waals surface area contributed by atoms with Gasteiger partial charge in [-0.3, -0.25) is 4.79 Å². The zero-order valence-electron chi connectivity index (χ0n) is 16.5. The SMILES string of the molecule is N#Cc1ccc(NC(=O)c2cccc(OCCc3ccc(C4COC4)cc3)c2)cc1. The van der Waals surface area contributed by atoms with Crippen molar-refractivity contribution in [2.24, 2.45) is 0 Å². The van der Waals surface area contributed by atoms with Gasteiger partial charge in [-0.15, -0.1) is 0 Å². The van der Waals surface area contributed by atoms with Crippen molar-refractivity contribution in [1.82, 2.24) is 0 Å². The number of ether oxygens (including phenoxy) is 2.